The number of fused-ring (bicyclic) bond motifs is 5. The third kappa shape index (κ3) is 2.68. The maximum Gasteiger partial charge on any atom is 0.305 e. The second kappa shape index (κ2) is 6.58. The van der Waals surface area contributed by atoms with Crippen LogP contribution < -0.4 is 0 Å². The monoisotopic (exact) mass is 390 g/mol. The van der Waals surface area contributed by atoms with E-state index in [0.717, 1.165) is 37.7 Å². The van der Waals surface area contributed by atoms with Crippen LogP contribution in [-0.4, -0.2) is 28.9 Å². The Bertz CT molecular complexity index is 696. The summed E-state index contributed by atoms with van der Waals surface area (Å²) in [4.78, 5) is 24.2. The van der Waals surface area contributed by atoms with Crippen LogP contribution in [0, 0.1) is 28.6 Å². The molecular formula is C23H34O5. The van der Waals surface area contributed by atoms with Crippen molar-refractivity contribution in [3.63, 3.8) is 0 Å². The van der Waals surface area contributed by atoms with Crippen molar-refractivity contribution in [3.8, 4) is 0 Å². The third-order valence-electron chi connectivity index (χ3n) is 8.65. The van der Waals surface area contributed by atoms with Crippen LogP contribution in [0.15, 0.2) is 11.6 Å². The van der Waals surface area contributed by atoms with Crippen LogP contribution in [0.2, 0.25) is 0 Å². The molecule has 1 N–H and O–H groups in total. The fraction of sp³-hybridized carbons (Fsp3) is 0.826. The molecule has 0 aliphatic heterocycles. The molecule has 0 aromatic rings. The summed E-state index contributed by atoms with van der Waals surface area (Å²) in [6.45, 7) is 7.26. The minimum absolute atomic E-state index is 0.124. The normalized spacial score (nSPS) is 43.8. The molecule has 3 fully saturated rings. The minimum Gasteiger partial charge on any atom is -0.422 e. The summed E-state index contributed by atoms with van der Waals surface area (Å²) >= 11 is 0. The molecule has 5 heteroatoms. The second-order valence-electron chi connectivity index (χ2n) is 10.1. The molecule has 0 spiro atoms. The highest BCUT2D eigenvalue weighted by Gasteiger charge is 2.67. The average Bonchev–Trinajstić information content (AvgIpc) is 2.97. The van der Waals surface area contributed by atoms with Gasteiger partial charge < -0.3 is 14.6 Å². The lowest BCUT2D eigenvalue weighted by atomic mass is 9.46. The Morgan fingerprint density at radius 2 is 1.68 bits per heavy atom. The third-order valence-corrected chi connectivity index (χ3v) is 8.65. The van der Waals surface area contributed by atoms with Crippen molar-refractivity contribution in [3.05, 3.63) is 11.6 Å². The van der Waals surface area contributed by atoms with Crippen molar-refractivity contribution >= 4 is 11.9 Å². The summed E-state index contributed by atoms with van der Waals surface area (Å²) in [6.07, 6.45) is 9.33. The lowest BCUT2D eigenvalue weighted by Gasteiger charge is -2.62. The molecule has 28 heavy (non-hydrogen) atoms. The molecule has 0 saturated heterocycles. The van der Waals surface area contributed by atoms with Crippen molar-refractivity contribution in [2.75, 3.05) is 0 Å². The van der Waals surface area contributed by atoms with E-state index in [2.05, 4.69) is 13.8 Å². The first-order chi connectivity index (χ1) is 13.1. The van der Waals surface area contributed by atoms with Crippen LogP contribution in [0.25, 0.3) is 0 Å². The van der Waals surface area contributed by atoms with E-state index in [1.165, 1.54) is 26.7 Å². The van der Waals surface area contributed by atoms with Gasteiger partial charge in [0.2, 0.25) is 0 Å². The average molecular weight is 391 g/mol. The Morgan fingerprint density at radius 3 is 2.32 bits per heavy atom. The Morgan fingerprint density at radius 1 is 1.00 bits per heavy atom. The van der Waals surface area contributed by atoms with E-state index in [1.807, 2.05) is 6.08 Å². The smallest absolute Gasteiger partial charge is 0.305 e. The van der Waals surface area contributed by atoms with Gasteiger partial charge in [-0.1, -0.05) is 25.0 Å². The first-order valence-electron chi connectivity index (χ1n) is 10.9. The number of aliphatic hydroxyl groups excluding tert-OH is 1. The van der Waals surface area contributed by atoms with Crippen molar-refractivity contribution in [1.82, 2.24) is 0 Å². The molecule has 156 valence electrons. The highest BCUT2D eigenvalue weighted by Crippen LogP contribution is 2.67. The van der Waals surface area contributed by atoms with Crippen LogP contribution in [-0.2, 0) is 19.1 Å². The van der Waals surface area contributed by atoms with Crippen LogP contribution in [0.4, 0.5) is 0 Å². The Balaban J connectivity index is 1.84. The molecule has 3 saturated carbocycles. The number of rotatable bonds is 2. The number of carbonyl (C=O) groups excluding carboxylic acids is 2. The predicted molar refractivity (Wildman–Crippen MR) is 104 cm³/mol. The van der Waals surface area contributed by atoms with Crippen LogP contribution in [0.5, 0.6) is 0 Å². The lowest BCUT2D eigenvalue weighted by molar-refractivity contribution is -0.292. The van der Waals surface area contributed by atoms with Gasteiger partial charge in [0.05, 0.1) is 11.5 Å². The molecule has 0 aromatic carbocycles. The standard InChI is InChI=1S/C23H34O5/c1-14(24)27-23(28-15(2)25)11-5-7-16-13-19(26)20-17-8-6-10-21(17,3)12-9-18(20)22(16,23)4/h13,17-20,26H,5-12H2,1-4H3/t17-,18-,19-,20-,21-,22-/m0/s1. The zero-order valence-electron chi connectivity index (χ0n) is 17.6. The van der Waals surface area contributed by atoms with Gasteiger partial charge in [0.15, 0.2) is 0 Å². The van der Waals surface area contributed by atoms with Crippen molar-refractivity contribution in [2.45, 2.75) is 91.0 Å². The molecule has 0 amide bonds. The Hall–Kier alpha value is -1.36. The molecule has 4 aliphatic rings. The van der Waals surface area contributed by atoms with E-state index < -0.39 is 29.2 Å². The maximum absolute atomic E-state index is 12.1. The van der Waals surface area contributed by atoms with E-state index in [-0.39, 0.29) is 17.3 Å². The van der Waals surface area contributed by atoms with Crippen LogP contribution in [0.3, 0.4) is 0 Å². The zero-order valence-corrected chi connectivity index (χ0v) is 17.6. The topological polar surface area (TPSA) is 72.8 Å². The molecule has 0 unspecified atom stereocenters. The van der Waals surface area contributed by atoms with E-state index in [0.29, 0.717) is 12.3 Å². The number of carbonyl (C=O) groups is 2. The molecule has 4 rings (SSSR count). The quantitative estimate of drug-likeness (QED) is 0.436. The molecule has 6 atom stereocenters. The maximum atomic E-state index is 12.1. The van der Waals surface area contributed by atoms with Gasteiger partial charge in [0.25, 0.3) is 5.79 Å². The molecule has 0 aromatic heterocycles. The first-order valence-corrected chi connectivity index (χ1v) is 10.9. The number of ether oxygens (including phenoxy) is 2. The van der Waals surface area contributed by atoms with Gasteiger partial charge in [-0.2, -0.15) is 0 Å². The van der Waals surface area contributed by atoms with E-state index in [4.69, 9.17) is 9.47 Å². The van der Waals surface area contributed by atoms with Crippen LogP contribution in [0.1, 0.15) is 79.1 Å². The number of hydrogen-bond donors (Lipinski definition) is 1. The molecule has 5 nitrogen and oxygen atoms in total. The van der Waals surface area contributed by atoms with Gasteiger partial charge in [-0.25, -0.2) is 0 Å². The summed E-state index contributed by atoms with van der Waals surface area (Å²) in [5.41, 5.74) is 0.789. The number of aliphatic hydroxyl groups is 1. The summed E-state index contributed by atoms with van der Waals surface area (Å²) in [5, 5.41) is 11.2. The molecule has 0 bridgehead atoms. The highest BCUT2D eigenvalue weighted by molar-refractivity contribution is 5.69. The summed E-state index contributed by atoms with van der Waals surface area (Å²) in [5.74, 6) is -1.40. The molecule has 0 heterocycles. The molecular weight excluding hydrogens is 356 g/mol. The highest BCUT2D eigenvalue weighted by atomic mass is 16.7. The zero-order chi connectivity index (χ0) is 20.3. The fourth-order valence-corrected chi connectivity index (χ4v) is 7.50. The summed E-state index contributed by atoms with van der Waals surface area (Å²) < 4.78 is 11.8. The lowest BCUT2D eigenvalue weighted by Crippen LogP contribution is -2.64. The Kier molecular flexibility index (Phi) is 4.68. The molecule has 0 radical (unpaired) electrons. The van der Waals surface area contributed by atoms with Gasteiger partial charge in [0.1, 0.15) is 0 Å². The SMILES string of the molecule is CC(=O)OC1(OC(C)=O)CCCC2=C[C@H](O)[C@H]3[C@@H]4CCC[C@@]4(C)CC[C@@H]3[C@]21C. The van der Waals surface area contributed by atoms with Gasteiger partial charge >= 0.3 is 11.9 Å². The molecule has 4 aliphatic carbocycles. The predicted octanol–water partition coefficient (Wildman–Crippen LogP) is 4.13. The first kappa shape index (κ1) is 19.9. The van der Waals surface area contributed by atoms with E-state index in [1.54, 1.807) is 0 Å². The number of esters is 2. The Labute approximate surface area is 167 Å². The largest absolute Gasteiger partial charge is 0.422 e. The van der Waals surface area contributed by atoms with Gasteiger partial charge in [-0.05, 0) is 68.6 Å². The summed E-state index contributed by atoms with van der Waals surface area (Å²) in [6, 6.07) is 0. The second-order valence-corrected chi connectivity index (χ2v) is 10.1. The fourth-order valence-electron chi connectivity index (χ4n) is 7.50. The van der Waals surface area contributed by atoms with Gasteiger partial charge in [-0.15, -0.1) is 0 Å². The van der Waals surface area contributed by atoms with Crippen molar-refractivity contribution in [1.29, 1.82) is 0 Å². The van der Waals surface area contributed by atoms with Crippen LogP contribution >= 0.6 is 0 Å². The van der Waals surface area contributed by atoms with Gasteiger partial charge in [0, 0.05) is 20.3 Å². The minimum atomic E-state index is -1.27. The van der Waals surface area contributed by atoms with Crippen molar-refractivity contribution in [2.24, 2.45) is 28.6 Å². The number of hydrogen-bond acceptors (Lipinski definition) is 5. The van der Waals surface area contributed by atoms with E-state index >= 15 is 0 Å². The van der Waals surface area contributed by atoms with Crippen molar-refractivity contribution < 1.29 is 24.2 Å². The summed E-state index contributed by atoms with van der Waals surface area (Å²) in [7, 11) is 0. The van der Waals surface area contributed by atoms with Gasteiger partial charge in [-0.3, -0.25) is 9.59 Å². The van der Waals surface area contributed by atoms with E-state index in [9.17, 15) is 14.7 Å².